The molecule has 0 N–H and O–H groups in total. The van der Waals surface area contributed by atoms with E-state index in [-0.39, 0.29) is 0 Å². The Balaban J connectivity index is 0.000000574. The molecule has 3 aromatic rings. The smallest absolute Gasteiger partial charge is 0.113 e. The Kier molecular flexibility index (Phi) is 4.07. The van der Waals surface area contributed by atoms with E-state index in [4.69, 9.17) is 0 Å². The first kappa shape index (κ1) is 12.3. The number of hydrogen-bond donors (Lipinski definition) is 0. The van der Waals surface area contributed by atoms with Gasteiger partial charge in [0.2, 0.25) is 0 Å². The van der Waals surface area contributed by atoms with E-state index in [1.807, 2.05) is 61.0 Å². The van der Waals surface area contributed by atoms with Crippen LogP contribution in [0.25, 0.3) is 11.0 Å². The molecule has 0 aliphatic heterocycles. The van der Waals surface area contributed by atoms with Crippen LogP contribution in [0.15, 0.2) is 54.6 Å². The lowest BCUT2D eigenvalue weighted by Gasteiger charge is -2.01. The summed E-state index contributed by atoms with van der Waals surface area (Å²) in [6.45, 7) is 4.77. The van der Waals surface area contributed by atoms with Crippen molar-refractivity contribution in [1.82, 2.24) is 15.0 Å². The van der Waals surface area contributed by atoms with Gasteiger partial charge in [0.25, 0.3) is 0 Å². The largest absolute Gasteiger partial charge is 0.240 e. The highest BCUT2D eigenvalue weighted by atomic mass is 15.4. The summed E-state index contributed by atoms with van der Waals surface area (Å²) in [5, 5.41) is 8.29. The lowest BCUT2D eigenvalue weighted by Crippen LogP contribution is -2.01. The van der Waals surface area contributed by atoms with Crippen LogP contribution in [0.4, 0.5) is 0 Å². The molecule has 18 heavy (non-hydrogen) atoms. The first-order chi connectivity index (χ1) is 8.93. The highest BCUT2D eigenvalue weighted by Gasteiger charge is 2.02. The van der Waals surface area contributed by atoms with E-state index in [9.17, 15) is 0 Å². The second kappa shape index (κ2) is 5.96. The monoisotopic (exact) mass is 239 g/mol. The van der Waals surface area contributed by atoms with Gasteiger partial charge >= 0.3 is 0 Å². The topological polar surface area (TPSA) is 30.7 Å². The molecule has 0 amide bonds. The van der Waals surface area contributed by atoms with Gasteiger partial charge in [0.1, 0.15) is 5.52 Å². The number of fused-ring (bicyclic) bond motifs is 1. The molecule has 0 spiro atoms. The van der Waals surface area contributed by atoms with Crippen molar-refractivity contribution in [2.45, 2.75) is 20.4 Å². The van der Waals surface area contributed by atoms with E-state index >= 15 is 0 Å². The molecule has 92 valence electrons. The maximum atomic E-state index is 4.16. The van der Waals surface area contributed by atoms with Crippen LogP contribution in [0.5, 0.6) is 0 Å². The molecule has 0 aliphatic carbocycles. The average Bonchev–Trinajstić information content (AvgIpc) is 2.86. The SMILES string of the molecule is CC.c1ccc(Cn2nnc3ccccc32)cc1. The number of benzene rings is 2. The van der Waals surface area contributed by atoms with Crippen molar-refractivity contribution in [1.29, 1.82) is 0 Å². The number of rotatable bonds is 2. The summed E-state index contributed by atoms with van der Waals surface area (Å²) in [4.78, 5) is 0. The van der Waals surface area contributed by atoms with Crippen LogP contribution in [0.2, 0.25) is 0 Å². The maximum absolute atomic E-state index is 4.16. The van der Waals surface area contributed by atoms with Gasteiger partial charge in [0.05, 0.1) is 12.1 Å². The minimum atomic E-state index is 0.765. The number of nitrogens with zero attached hydrogens (tertiary/aromatic N) is 3. The maximum Gasteiger partial charge on any atom is 0.113 e. The minimum Gasteiger partial charge on any atom is -0.240 e. The van der Waals surface area contributed by atoms with Crippen molar-refractivity contribution in [3.05, 3.63) is 60.2 Å². The Morgan fingerprint density at radius 3 is 2.33 bits per heavy atom. The molecule has 0 saturated carbocycles. The van der Waals surface area contributed by atoms with Crippen molar-refractivity contribution in [3.8, 4) is 0 Å². The summed E-state index contributed by atoms with van der Waals surface area (Å²) in [5.41, 5.74) is 3.25. The molecule has 2 aromatic carbocycles. The summed E-state index contributed by atoms with van der Waals surface area (Å²) < 4.78 is 1.92. The van der Waals surface area contributed by atoms with Gasteiger partial charge in [-0.05, 0) is 17.7 Å². The highest BCUT2D eigenvalue weighted by molar-refractivity contribution is 5.73. The molecule has 0 saturated heterocycles. The molecule has 3 heteroatoms. The van der Waals surface area contributed by atoms with E-state index in [1.165, 1.54) is 5.56 Å². The Hall–Kier alpha value is -2.16. The molecule has 0 fully saturated rings. The van der Waals surface area contributed by atoms with Gasteiger partial charge in [-0.1, -0.05) is 61.5 Å². The molecule has 0 aliphatic rings. The molecule has 1 heterocycles. The van der Waals surface area contributed by atoms with Crippen LogP contribution in [0.1, 0.15) is 19.4 Å². The van der Waals surface area contributed by atoms with E-state index in [0.29, 0.717) is 0 Å². The molecule has 3 nitrogen and oxygen atoms in total. The van der Waals surface area contributed by atoms with Gasteiger partial charge < -0.3 is 0 Å². The van der Waals surface area contributed by atoms with Crippen molar-refractivity contribution in [3.63, 3.8) is 0 Å². The third-order valence-corrected chi connectivity index (χ3v) is 2.60. The summed E-state index contributed by atoms with van der Waals surface area (Å²) in [5.74, 6) is 0. The third kappa shape index (κ3) is 2.56. The van der Waals surface area contributed by atoms with Crippen LogP contribution >= 0.6 is 0 Å². The summed E-state index contributed by atoms with van der Waals surface area (Å²) in [7, 11) is 0. The summed E-state index contributed by atoms with van der Waals surface area (Å²) >= 11 is 0. The standard InChI is InChI=1S/C13H11N3.C2H6/c1-2-6-11(7-3-1)10-16-13-9-5-4-8-12(13)14-15-16;1-2/h1-9H,10H2;1-2H3. The second-order valence-corrected chi connectivity index (χ2v) is 3.72. The predicted octanol–water partition coefficient (Wildman–Crippen LogP) is 3.51. The van der Waals surface area contributed by atoms with E-state index < -0.39 is 0 Å². The first-order valence-corrected chi connectivity index (χ1v) is 6.26. The zero-order valence-corrected chi connectivity index (χ0v) is 10.7. The zero-order chi connectivity index (χ0) is 12.8. The third-order valence-electron chi connectivity index (χ3n) is 2.60. The van der Waals surface area contributed by atoms with Gasteiger partial charge in [0, 0.05) is 0 Å². The van der Waals surface area contributed by atoms with Crippen molar-refractivity contribution in [2.75, 3.05) is 0 Å². The Morgan fingerprint density at radius 2 is 1.56 bits per heavy atom. The van der Waals surface area contributed by atoms with E-state index in [0.717, 1.165) is 17.6 Å². The minimum absolute atomic E-state index is 0.765. The summed E-state index contributed by atoms with van der Waals surface area (Å²) in [6.07, 6.45) is 0. The lowest BCUT2D eigenvalue weighted by molar-refractivity contribution is 0.670. The molecular formula is C15H17N3. The molecular weight excluding hydrogens is 222 g/mol. The second-order valence-electron chi connectivity index (χ2n) is 3.72. The quantitative estimate of drug-likeness (QED) is 0.685. The van der Waals surface area contributed by atoms with Gasteiger partial charge in [-0.2, -0.15) is 0 Å². The van der Waals surface area contributed by atoms with Gasteiger partial charge in [-0.25, -0.2) is 4.68 Å². The molecule has 3 rings (SSSR count). The van der Waals surface area contributed by atoms with Gasteiger partial charge in [-0.3, -0.25) is 0 Å². The van der Waals surface area contributed by atoms with Crippen molar-refractivity contribution < 1.29 is 0 Å². The normalized spacial score (nSPS) is 9.89. The average molecular weight is 239 g/mol. The van der Waals surface area contributed by atoms with Crippen molar-refractivity contribution >= 4 is 11.0 Å². The van der Waals surface area contributed by atoms with Crippen LogP contribution in [-0.2, 0) is 6.54 Å². The van der Waals surface area contributed by atoms with Crippen molar-refractivity contribution in [2.24, 2.45) is 0 Å². The fourth-order valence-electron chi connectivity index (χ4n) is 1.79. The molecule has 0 radical (unpaired) electrons. The van der Waals surface area contributed by atoms with E-state index in [2.05, 4.69) is 22.4 Å². The summed E-state index contributed by atoms with van der Waals surface area (Å²) in [6, 6.07) is 18.3. The fraction of sp³-hybridized carbons (Fsp3) is 0.200. The molecule has 0 bridgehead atoms. The van der Waals surface area contributed by atoms with Crippen LogP contribution in [-0.4, -0.2) is 15.0 Å². The fourth-order valence-corrected chi connectivity index (χ4v) is 1.79. The number of hydrogen-bond acceptors (Lipinski definition) is 2. The molecule has 1 aromatic heterocycles. The first-order valence-electron chi connectivity index (χ1n) is 6.26. The predicted molar refractivity (Wildman–Crippen MR) is 74.4 cm³/mol. The Bertz CT molecular complexity index is 599. The Labute approximate surface area is 107 Å². The van der Waals surface area contributed by atoms with Crippen LogP contribution < -0.4 is 0 Å². The van der Waals surface area contributed by atoms with E-state index in [1.54, 1.807) is 0 Å². The number of para-hydroxylation sites is 1. The van der Waals surface area contributed by atoms with Gasteiger partial charge in [0.15, 0.2) is 0 Å². The van der Waals surface area contributed by atoms with Gasteiger partial charge in [-0.15, -0.1) is 5.10 Å². The lowest BCUT2D eigenvalue weighted by atomic mass is 10.2. The molecule has 0 unspecified atom stereocenters. The number of aromatic nitrogens is 3. The zero-order valence-electron chi connectivity index (χ0n) is 10.7. The van der Waals surface area contributed by atoms with Crippen LogP contribution in [0.3, 0.4) is 0 Å². The Morgan fingerprint density at radius 1 is 0.889 bits per heavy atom. The molecule has 0 atom stereocenters. The van der Waals surface area contributed by atoms with Crippen LogP contribution in [0, 0.1) is 0 Å². The highest BCUT2D eigenvalue weighted by Crippen LogP contribution is 2.11.